The fourth-order valence-corrected chi connectivity index (χ4v) is 7.75. The summed E-state index contributed by atoms with van der Waals surface area (Å²) in [7, 11) is 0. The Bertz CT molecular complexity index is 2540. The van der Waals surface area contributed by atoms with Gasteiger partial charge in [-0.2, -0.15) is 26.3 Å². The van der Waals surface area contributed by atoms with E-state index in [-0.39, 0.29) is 11.8 Å². The summed E-state index contributed by atoms with van der Waals surface area (Å²) in [5.41, 5.74) is 5.06. The number of nitrogens with zero attached hydrogens (tertiary/aromatic N) is 2. The first-order chi connectivity index (χ1) is 27.7. The average molecular weight is 783 g/mol. The zero-order valence-electron chi connectivity index (χ0n) is 32.3. The largest absolute Gasteiger partial charge is 0.416 e. The Labute approximate surface area is 333 Å². The summed E-state index contributed by atoms with van der Waals surface area (Å²) in [5.74, 6) is 0.567. The molecule has 0 unspecified atom stereocenters. The maximum Gasteiger partial charge on any atom is 0.416 e. The maximum absolute atomic E-state index is 13.8. The summed E-state index contributed by atoms with van der Waals surface area (Å²) >= 11 is 0. The molecule has 8 rings (SSSR count). The molecule has 0 atom stereocenters. The van der Waals surface area contributed by atoms with Crippen molar-refractivity contribution < 1.29 is 26.3 Å². The molecule has 0 spiro atoms. The molecule has 0 saturated heterocycles. The van der Waals surface area contributed by atoms with E-state index >= 15 is 0 Å². The normalized spacial score (nSPS) is 12.3. The molecule has 0 heterocycles. The van der Waals surface area contributed by atoms with Gasteiger partial charge in [0, 0.05) is 33.5 Å². The molecule has 0 aliphatic heterocycles. The Balaban J connectivity index is 1.41. The number of rotatable bonds is 8. The highest BCUT2D eigenvalue weighted by Gasteiger charge is 2.32. The van der Waals surface area contributed by atoms with Gasteiger partial charge in [0.05, 0.1) is 22.5 Å². The van der Waals surface area contributed by atoms with E-state index in [2.05, 4.69) is 39.8 Å². The van der Waals surface area contributed by atoms with Crippen LogP contribution in [0.2, 0.25) is 0 Å². The summed E-state index contributed by atoms with van der Waals surface area (Å²) < 4.78 is 82.7. The Kier molecular flexibility index (Phi) is 9.92. The maximum atomic E-state index is 13.8. The van der Waals surface area contributed by atoms with Crippen molar-refractivity contribution in [1.82, 2.24) is 0 Å². The SMILES string of the molecule is CC(C)c1ccc(N(c2ccc(C(F)(F)F)cc2)c2cc3c4ccccc4c(N(c4ccc(C(C)C)cc4)c4ccc(C(F)(F)F)cc4)cc3c3ccccc23)cc1. The fourth-order valence-electron chi connectivity index (χ4n) is 7.75. The minimum atomic E-state index is -4.49. The predicted octanol–water partition coefficient (Wildman–Crippen LogP) is 16.4. The fraction of sp³-hybridized carbons (Fsp3) is 0.160. The zero-order chi connectivity index (χ0) is 40.9. The van der Waals surface area contributed by atoms with Gasteiger partial charge in [-0.15, -0.1) is 0 Å². The van der Waals surface area contributed by atoms with E-state index in [1.807, 2.05) is 107 Å². The lowest BCUT2D eigenvalue weighted by molar-refractivity contribution is -0.138. The third kappa shape index (κ3) is 7.23. The molecule has 0 N–H and O–H groups in total. The van der Waals surface area contributed by atoms with Crippen molar-refractivity contribution in [3.05, 3.63) is 180 Å². The van der Waals surface area contributed by atoms with E-state index in [0.717, 1.165) is 90.5 Å². The zero-order valence-corrected chi connectivity index (χ0v) is 32.3. The Morgan fingerprint density at radius 1 is 0.345 bits per heavy atom. The molecule has 0 radical (unpaired) electrons. The summed E-state index contributed by atoms with van der Waals surface area (Å²) in [5, 5.41) is 5.36. The molecule has 0 fully saturated rings. The highest BCUT2D eigenvalue weighted by atomic mass is 19.4. The topological polar surface area (TPSA) is 6.48 Å². The number of anilines is 6. The van der Waals surface area contributed by atoms with E-state index in [9.17, 15) is 26.3 Å². The van der Waals surface area contributed by atoms with E-state index in [1.165, 1.54) is 24.3 Å². The lowest BCUT2D eigenvalue weighted by atomic mass is 9.93. The van der Waals surface area contributed by atoms with Crippen LogP contribution in [0.25, 0.3) is 32.3 Å². The van der Waals surface area contributed by atoms with Gasteiger partial charge in [-0.05, 0) is 129 Å². The van der Waals surface area contributed by atoms with Crippen LogP contribution in [0.1, 0.15) is 61.8 Å². The number of alkyl halides is 6. The summed E-state index contributed by atoms with van der Waals surface area (Å²) in [4.78, 5) is 4.00. The van der Waals surface area contributed by atoms with Crippen LogP contribution in [0.5, 0.6) is 0 Å². The van der Waals surface area contributed by atoms with Crippen LogP contribution in [0.3, 0.4) is 0 Å². The quantitative estimate of drug-likeness (QED) is 0.112. The molecule has 8 aromatic carbocycles. The van der Waals surface area contributed by atoms with Crippen molar-refractivity contribution in [3.8, 4) is 0 Å². The first-order valence-corrected chi connectivity index (χ1v) is 19.2. The van der Waals surface area contributed by atoms with E-state index < -0.39 is 23.5 Å². The first-order valence-electron chi connectivity index (χ1n) is 19.2. The lowest BCUT2D eigenvalue weighted by Gasteiger charge is -2.30. The van der Waals surface area contributed by atoms with Gasteiger partial charge >= 0.3 is 12.4 Å². The van der Waals surface area contributed by atoms with Gasteiger partial charge in [0.1, 0.15) is 0 Å². The van der Waals surface area contributed by atoms with Crippen LogP contribution in [0.4, 0.5) is 60.5 Å². The molecule has 292 valence electrons. The third-order valence-corrected chi connectivity index (χ3v) is 10.9. The van der Waals surface area contributed by atoms with Gasteiger partial charge in [0.25, 0.3) is 0 Å². The average Bonchev–Trinajstić information content (AvgIpc) is 3.21. The van der Waals surface area contributed by atoms with E-state index in [1.54, 1.807) is 0 Å². The second kappa shape index (κ2) is 14.9. The molecular formula is C50H40F6N2. The number of hydrogen-bond donors (Lipinski definition) is 0. The Morgan fingerprint density at radius 3 is 0.897 bits per heavy atom. The molecular weight excluding hydrogens is 743 g/mol. The highest BCUT2D eigenvalue weighted by Crippen LogP contribution is 2.48. The molecule has 0 aliphatic carbocycles. The summed E-state index contributed by atoms with van der Waals surface area (Å²) in [6, 6.07) is 46.7. The summed E-state index contributed by atoms with van der Waals surface area (Å²) in [6.45, 7) is 8.44. The number of benzene rings is 8. The smallest absolute Gasteiger partial charge is 0.310 e. The van der Waals surface area contributed by atoms with Gasteiger partial charge in [-0.1, -0.05) is 100 Å². The molecule has 0 bridgehead atoms. The standard InChI is InChI=1S/C50H40F6N2/c1-31(2)33-13-21-37(22-14-33)57(39-25-17-35(18-26-39)49(51,52)53)47-29-45-42-10-6-8-12-44(42)48(30-46(45)41-9-5-7-11-43(41)47)58(38-23-15-34(16-24-38)32(3)4)40-27-19-36(20-28-40)50(54,55)56/h5-32H,1-4H3. The van der Waals surface area contributed by atoms with Gasteiger partial charge in [0.2, 0.25) is 0 Å². The van der Waals surface area contributed by atoms with Crippen LogP contribution in [0.15, 0.2) is 158 Å². The summed E-state index contributed by atoms with van der Waals surface area (Å²) in [6.07, 6.45) is -8.97. The van der Waals surface area contributed by atoms with Gasteiger partial charge < -0.3 is 9.80 Å². The van der Waals surface area contributed by atoms with Crippen molar-refractivity contribution in [2.75, 3.05) is 9.80 Å². The van der Waals surface area contributed by atoms with Crippen molar-refractivity contribution in [2.45, 2.75) is 51.9 Å². The molecule has 0 amide bonds. The van der Waals surface area contributed by atoms with E-state index in [4.69, 9.17) is 0 Å². The molecule has 0 aromatic heterocycles. The van der Waals surface area contributed by atoms with Crippen LogP contribution in [-0.4, -0.2) is 0 Å². The Morgan fingerprint density at radius 2 is 0.621 bits per heavy atom. The lowest BCUT2D eigenvalue weighted by Crippen LogP contribution is -2.13. The molecule has 0 aliphatic rings. The van der Waals surface area contributed by atoms with Gasteiger partial charge in [-0.3, -0.25) is 0 Å². The first kappa shape index (κ1) is 38.6. The minimum absolute atomic E-state index is 0.283. The second-order valence-corrected chi connectivity index (χ2v) is 15.2. The second-order valence-electron chi connectivity index (χ2n) is 15.2. The minimum Gasteiger partial charge on any atom is -0.310 e. The molecule has 2 nitrogen and oxygen atoms in total. The third-order valence-electron chi connectivity index (χ3n) is 10.9. The van der Waals surface area contributed by atoms with Gasteiger partial charge in [0.15, 0.2) is 0 Å². The Hall–Kier alpha value is -6.28. The van der Waals surface area contributed by atoms with Crippen molar-refractivity contribution in [3.63, 3.8) is 0 Å². The number of hydrogen-bond acceptors (Lipinski definition) is 2. The monoisotopic (exact) mass is 782 g/mol. The number of halogens is 6. The highest BCUT2D eigenvalue weighted by molar-refractivity contribution is 6.24. The van der Waals surface area contributed by atoms with Crippen LogP contribution >= 0.6 is 0 Å². The molecule has 0 saturated carbocycles. The van der Waals surface area contributed by atoms with E-state index in [0.29, 0.717) is 11.4 Å². The number of fused-ring (bicyclic) bond motifs is 5. The van der Waals surface area contributed by atoms with Crippen molar-refractivity contribution in [2.24, 2.45) is 0 Å². The predicted molar refractivity (Wildman–Crippen MR) is 227 cm³/mol. The van der Waals surface area contributed by atoms with Crippen molar-refractivity contribution in [1.29, 1.82) is 0 Å². The van der Waals surface area contributed by atoms with Gasteiger partial charge in [-0.25, -0.2) is 0 Å². The van der Waals surface area contributed by atoms with Crippen molar-refractivity contribution >= 4 is 66.4 Å². The molecule has 8 heteroatoms. The molecule has 8 aromatic rings. The van der Waals surface area contributed by atoms with Crippen LogP contribution < -0.4 is 9.80 Å². The van der Waals surface area contributed by atoms with Crippen LogP contribution in [-0.2, 0) is 12.4 Å². The van der Waals surface area contributed by atoms with Crippen LogP contribution in [0, 0.1) is 0 Å². The molecule has 58 heavy (non-hydrogen) atoms.